The summed E-state index contributed by atoms with van der Waals surface area (Å²) < 4.78 is 19.6. The Kier molecular flexibility index (Phi) is 4.40. The van der Waals surface area contributed by atoms with Gasteiger partial charge in [-0.1, -0.05) is 18.2 Å². The zero-order chi connectivity index (χ0) is 20.8. The van der Waals surface area contributed by atoms with Crippen LogP contribution in [0.15, 0.2) is 81.0 Å². The Morgan fingerprint density at radius 1 is 1.07 bits per heavy atom. The molecule has 0 aliphatic carbocycles. The van der Waals surface area contributed by atoms with Gasteiger partial charge in [-0.2, -0.15) is 0 Å². The maximum atomic E-state index is 13.8. The van der Waals surface area contributed by atoms with Gasteiger partial charge in [-0.15, -0.1) is 11.8 Å². The van der Waals surface area contributed by atoms with E-state index < -0.39 is 23.2 Å². The van der Waals surface area contributed by atoms with E-state index in [2.05, 4.69) is 4.98 Å². The van der Waals surface area contributed by atoms with Crippen molar-refractivity contribution in [1.29, 1.82) is 0 Å². The van der Waals surface area contributed by atoms with Gasteiger partial charge < -0.3 is 4.42 Å². The first-order valence-electron chi connectivity index (χ1n) is 9.23. The van der Waals surface area contributed by atoms with Crippen molar-refractivity contribution in [3.8, 4) is 0 Å². The van der Waals surface area contributed by atoms with E-state index in [0.29, 0.717) is 5.82 Å². The summed E-state index contributed by atoms with van der Waals surface area (Å²) in [5.74, 6) is -0.626. The van der Waals surface area contributed by atoms with Crippen LogP contribution in [0.25, 0.3) is 11.0 Å². The molecule has 0 bridgehead atoms. The molecule has 0 spiro atoms. The third-order valence-electron chi connectivity index (χ3n) is 5.16. The summed E-state index contributed by atoms with van der Waals surface area (Å²) in [5, 5.41) is 0.107. The Labute approximate surface area is 175 Å². The van der Waals surface area contributed by atoms with Crippen LogP contribution in [0.3, 0.4) is 0 Å². The number of carbonyl (C=O) groups is 1. The van der Waals surface area contributed by atoms with Gasteiger partial charge in [-0.05, 0) is 54.3 Å². The van der Waals surface area contributed by atoms with Gasteiger partial charge in [0.1, 0.15) is 17.2 Å². The third-order valence-corrected chi connectivity index (χ3v) is 5.90. The van der Waals surface area contributed by atoms with Gasteiger partial charge in [0, 0.05) is 11.1 Å². The first-order chi connectivity index (χ1) is 14.6. The smallest absolute Gasteiger partial charge is 0.296 e. The molecule has 30 heavy (non-hydrogen) atoms. The van der Waals surface area contributed by atoms with Gasteiger partial charge in [0.05, 0.1) is 17.0 Å². The van der Waals surface area contributed by atoms with E-state index in [1.807, 2.05) is 30.5 Å². The standard InChI is InChI=1S/C23H15FN2O3S/c1-30-15-8-5-13(6-9-15)20-19-21(27)16-12-14(24)7-10-17(16)29-22(19)23(28)26(20)18-4-2-3-11-25-18/h2-12,20H,1H3. The highest BCUT2D eigenvalue weighted by Gasteiger charge is 2.44. The number of hydrogen-bond acceptors (Lipinski definition) is 5. The number of amides is 1. The molecule has 0 saturated carbocycles. The number of benzene rings is 2. The van der Waals surface area contributed by atoms with Crippen LogP contribution in [0, 0.1) is 5.82 Å². The molecule has 2 aromatic heterocycles. The first kappa shape index (κ1) is 18.6. The zero-order valence-corrected chi connectivity index (χ0v) is 16.7. The number of pyridine rings is 1. The molecule has 0 fully saturated rings. The summed E-state index contributed by atoms with van der Waals surface area (Å²) in [6.45, 7) is 0. The van der Waals surface area contributed by atoms with Gasteiger partial charge in [-0.25, -0.2) is 9.37 Å². The second kappa shape index (κ2) is 7.11. The summed E-state index contributed by atoms with van der Waals surface area (Å²) in [6, 6.07) is 15.8. The van der Waals surface area contributed by atoms with Crippen LogP contribution in [0.1, 0.15) is 27.7 Å². The molecule has 1 aliphatic heterocycles. The van der Waals surface area contributed by atoms with Crippen molar-refractivity contribution in [2.75, 3.05) is 11.2 Å². The molecule has 1 aliphatic rings. The number of rotatable bonds is 3. The van der Waals surface area contributed by atoms with Crippen LogP contribution >= 0.6 is 11.8 Å². The van der Waals surface area contributed by atoms with Crippen LogP contribution in [0.2, 0.25) is 0 Å². The lowest BCUT2D eigenvalue weighted by molar-refractivity contribution is 0.0970. The fraction of sp³-hybridized carbons (Fsp3) is 0.0870. The molecule has 4 aromatic rings. The summed E-state index contributed by atoms with van der Waals surface area (Å²) in [6.07, 6.45) is 3.56. The molecule has 5 nitrogen and oxygen atoms in total. The van der Waals surface area contributed by atoms with Crippen molar-refractivity contribution in [3.63, 3.8) is 0 Å². The van der Waals surface area contributed by atoms with Crippen molar-refractivity contribution < 1.29 is 13.6 Å². The second-order valence-electron chi connectivity index (χ2n) is 6.85. The molecule has 1 unspecified atom stereocenters. The van der Waals surface area contributed by atoms with Gasteiger partial charge >= 0.3 is 0 Å². The Bertz CT molecular complexity index is 1340. The fourth-order valence-corrected chi connectivity index (χ4v) is 4.19. The molecule has 7 heteroatoms. The topological polar surface area (TPSA) is 63.4 Å². The predicted molar refractivity (Wildman–Crippen MR) is 114 cm³/mol. The van der Waals surface area contributed by atoms with E-state index in [1.54, 1.807) is 36.2 Å². The number of fused-ring (bicyclic) bond motifs is 2. The molecule has 2 aromatic carbocycles. The summed E-state index contributed by atoms with van der Waals surface area (Å²) in [5.41, 5.74) is 0.693. The molecule has 5 rings (SSSR count). The quantitative estimate of drug-likeness (QED) is 0.447. The zero-order valence-electron chi connectivity index (χ0n) is 15.8. The lowest BCUT2D eigenvalue weighted by Gasteiger charge is -2.24. The van der Waals surface area contributed by atoms with Crippen molar-refractivity contribution in [2.24, 2.45) is 0 Å². The van der Waals surface area contributed by atoms with Gasteiger partial charge in [0.25, 0.3) is 5.91 Å². The second-order valence-corrected chi connectivity index (χ2v) is 7.73. The molecule has 148 valence electrons. The lowest BCUT2D eigenvalue weighted by atomic mass is 9.98. The Hall–Kier alpha value is -3.45. The molecule has 0 N–H and O–H groups in total. The highest BCUT2D eigenvalue weighted by molar-refractivity contribution is 7.98. The Morgan fingerprint density at radius 3 is 2.57 bits per heavy atom. The largest absolute Gasteiger partial charge is 0.450 e. The number of carbonyl (C=O) groups excluding carboxylic acids is 1. The summed E-state index contributed by atoms with van der Waals surface area (Å²) >= 11 is 1.60. The normalized spacial score (nSPS) is 15.6. The highest BCUT2D eigenvalue weighted by Crippen LogP contribution is 2.40. The van der Waals surface area contributed by atoms with E-state index in [1.165, 1.54) is 17.0 Å². The van der Waals surface area contributed by atoms with E-state index in [4.69, 9.17) is 4.42 Å². The minimum absolute atomic E-state index is 0.0382. The summed E-state index contributed by atoms with van der Waals surface area (Å²) in [4.78, 5) is 33.5. The molecule has 3 heterocycles. The average Bonchev–Trinajstić information content (AvgIpc) is 3.07. The van der Waals surface area contributed by atoms with Crippen molar-refractivity contribution in [2.45, 2.75) is 10.9 Å². The number of halogens is 1. The minimum Gasteiger partial charge on any atom is -0.450 e. The molecule has 0 radical (unpaired) electrons. The Balaban J connectivity index is 1.80. The fourth-order valence-electron chi connectivity index (χ4n) is 3.78. The molecular formula is C23H15FN2O3S. The van der Waals surface area contributed by atoms with Crippen LogP contribution in [-0.4, -0.2) is 17.1 Å². The lowest BCUT2D eigenvalue weighted by Crippen LogP contribution is -2.30. The van der Waals surface area contributed by atoms with Crippen molar-refractivity contribution in [3.05, 3.63) is 99.8 Å². The SMILES string of the molecule is CSc1ccc(C2c3c(oc4ccc(F)cc4c3=O)C(=O)N2c2ccccn2)cc1. The molecular weight excluding hydrogens is 403 g/mol. The first-order valence-corrected chi connectivity index (χ1v) is 10.5. The van der Waals surface area contributed by atoms with Crippen molar-refractivity contribution in [1.82, 2.24) is 4.98 Å². The van der Waals surface area contributed by atoms with E-state index in [0.717, 1.165) is 16.5 Å². The van der Waals surface area contributed by atoms with E-state index in [9.17, 15) is 14.0 Å². The van der Waals surface area contributed by atoms with Crippen LogP contribution in [0.4, 0.5) is 10.2 Å². The van der Waals surface area contributed by atoms with Crippen LogP contribution in [-0.2, 0) is 0 Å². The average molecular weight is 418 g/mol. The summed E-state index contributed by atoms with van der Waals surface area (Å²) in [7, 11) is 0. The van der Waals surface area contributed by atoms with Gasteiger partial charge in [0.2, 0.25) is 5.76 Å². The van der Waals surface area contributed by atoms with Crippen molar-refractivity contribution >= 4 is 34.5 Å². The number of anilines is 1. The number of hydrogen-bond donors (Lipinski definition) is 0. The molecule has 1 atom stereocenters. The van der Waals surface area contributed by atoms with Gasteiger partial charge in [0.15, 0.2) is 5.43 Å². The molecule has 1 amide bonds. The third kappa shape index (κ3) is 2.81. The van der Waals surface area contributed by atoms with E-state index in [-0.39, 0.29) is 22.3 Å². The highest BCUT2D eigenvalue weighted by atomic mass is 32.2. The molecule has 0 saturated heterocycles. The number of nitrogens with zero attached hydrogens (tertiary/aromatic N) is 2. The van der Waals surface area contributed by atoms with Crippen LogP contribution < -0.4 is 10.3 Å². The maximum Gasteiger partial charge on any atom is 0.296 e. The van der Waals surface area contributed by atoms with Crippen LogP contribution in [0.5, 0.6) is 0 Å². The number of aromatic nitrogens is 1. The predicted octanol–water partition coefficient (Wildman–Crippen LogP) is 4.80. The van der Waals surface area contributed by atoms with E-state index >= 15 is 0 Å². The maximum absolute atomic E-state index is 13.8. The minimum atomic E-state index is -0.720. The Morgan fingerprint density at radius 2 is 1.87 bits per heavy atom. The number of thioether (sulfide) groups is 1. The van der Waals surface area contributed by atoms with Gasteiger partial charge in [-0.3, -0.25) is 14.5 Å². The monoisotopic (exact) mass is 418 g/mol.